The van der Waals surface area contributed by atoms with E-state index < -0.39 is 5.97 Å². The molecule has 5 nitrogen and oxygen atoms in total. The Hall–Kier alpha value is -2.23. The van der Waals surface area contributed by atoms with E-state index in [0.29, 0.717) is 18.6 Å². The van der Waals surface area contributed by atoms with Gasteiger partial charge in [-0.05, 0) is 51.7 Å². The van der Waals surface area contributed by atoms with Gasteiger partial charge in [-0.2, -0.15) is 35.9 Å². The number of hydrogen-bond acceptors (Lipinski definition) is 4. The van der Waals surface area contributed by atoms with Crippen molar-refractivity contribution in [2.75, 3.05) is 13.2 Å². The molecule has 3 aromatic rings. The summed E-state index contributed by atoms with van der Waals surface area (Å²) in [4.78, 5) is 14.3. The second kappa shape index (κ2) is 25.7. The Morgan fingerprint density at radius 3 is 2.13 bits per heavy atom. The van der Waals surface area contributed by atoms with Crippen molar-refractivity contribution in [1.82, 2.24) is 4.98 Å². The number of aryl methyl sites for hydroxylation is 2. The number of para-hydroxylation sites is 1. The van der Waals surface area contributed by atoms with E-state index in [1.807, 2.05) is 44.2 Å². The third-order valence-corrected chi connectivity index (χ3v) is 8.01. The molecule has 1 aliphatic heterocycles. The van der Waals surface area contributed by atoms with Crippen LogP contribution in [-0.4, -0.2) is 35.4 Å². The van der Waals surface area contributed by atoms with Gasteiger partial charge < -0.3 is 14.6 Å². The van der Waals surface area contributed by atoms with Crippen molar-refractivity contribution >= 4 is 17.6 Å². The fourth-order valence-electron chi connectivity index (χ4n) is 4.39. The first-order valence-corrected chi connectivity index (χ1v) is 17.0. The zero-order chi connectivity index (χ0) is 34.5. The summed E-state index contributed by atoms with van der Waals surface area (Å²) in [5, 5.41) is 9.30. The van der Waals surface area contributed by atoms with Gasteiger partial charge in [0.15, 0.2) is 0 Å². The number of nitrogens with zero attached hydrogens (tertiary/aromatic N) is 1. The van der Waals surface area contributed by atoms with Crippen molar-refractivity contribution in [3.05, 3.63) is 112 Å². The minimum Gasteiger partial charge on any atom is -0.527 e. The first-order chi connectivity index (χ1) is 22.0. The number of rotatable bonds is 12. The van der Waals surface area contributed by atoms with Gasteiger partial charge in [0, 0.05) is 23.1 Å². The topological polar surface area (TPSA) is 68.7 Å². The molecule has 1 fully saturated rings. The molecule has 2 heterocycles. The summed E-state index contributed by atoms with van der Waals surface area (Å²) in [5.74, 6) is 1.67. The van der Waals surface area contributed by atoms with Crippen molar-refractivity contribution in [2.24, 2.45) is 0 Å². The number of carbonyl (C=O) groups is 1. The van der Waals surface area contributed by atoms with Gasteiger partial charge in [-0.1, -0.05) is 102 Å². The number of halogens is 1. The first kappa shape index (κ1) is 44.8. The Balaban J connectivity index is 0.000000752. The van der Waals surface area contributed by atoms with Crippen LogP contribution in [0.2, 0.25) is 5.02 Å². The molecule has 1 unspecified atom stereocenters. The maximum atomic E-state index is 10.4. The number of benzene rings is 2. The molecule has 47 heavy (non-hydrogen) atoms. The van der Waals surface area contributed by atoms with Crippen molar-refractivity contribution in [3.63, 3.8) is 0 Å². The van der Waals surface area contributed by atoms with E-state index in [4.69, 9.17) is 26.2 Å². The van der Waals surface area contributed by atoms with Crippen molar-refractivity contribution in [2.45, 2.75) is 112 Å². The molecule has 0 radical (unpaired) electrons. The molecule has 7 heteroatoms. The Morgan fingerprint density at radius 1 is 1.11 bits per heavy atom. The molecule has 1 aromatic heterocycles. The molecule has 1 saturated heterocycles. The first-order valence-electron chi connectivity index (χ1n) is 16.6. The van der Waals surface area contributed by atoms with Crippen LogP contribution in [0.5, 0.6) is 5.75 Å². The smallest absolute Gasteiger partial charge is 0.527 e. The van der Waals surface area contributed by atoms with E-state index in [1.165, 1.54) is 61.6 Å². The minimum atomic E-state index is -0.979. The second-order valence-electron chi connectivity index (χ2n) is 11.7. The Bertz CT molecular complexity index is 1280. The summed E-state index contributed by atoms with van der Waals surface area (Å²) in [6.07, 6.45) is 8.98. The van der Waals surface area contributed by atoms with Crippen molar-refractivity contribution in [1.29, 1.82) is 0 Å². The van der Waals surface area contributed by atoms with Crippen LogP contribution in [0.4, 0.5) is 0 Å². The van der Waals surface area contributed by atoms with Gasteiger partial charge in [-0.15, -0.1) is 24.1 Å². The van der Waals surface area contributed by atoms with Gasteiger partial charge in [0.25, 0.3) is 0 Å². The molecule has 0 saturated carbocycles. The van der Waals surface area contributed by atoms with Gasteiger partial charge in [-0.3, -0.25) is 0 Å². The van der Waals surface area contributed by atoms with Gasteiger partial charge in [0.2, 0.25) is 0 Å². The second-order valence-corrected chi connectivity index (χ2v) is 12.1. The molecule has 4 rings (SSSR count). The van der Waals surface area contributed by atoms with Gasteiger partial charge >= 0.3 is 37.1 Å². The third kappa shape index (κ3) is 18.2. The predicted molar refractivity (Wildman–Crippen MR) is 193 cm³/mol. The number of hydrogen-bond donors (Lipinski definition) is 1. The summed E-state index contributed by atoms with van der Waals surface area (Å²) < 4.78 is 11.2. The SMILES string of the molecule is C=C(C)CC.CCC1CCO1.CCCC(CCC)c1ccc[c-]c1OC[C-](C)c1ccc(Cl)cc1.Cc1ccc(C(=O)O)nc1C.[U+2]. The van der Waals surface area contributed by atoms with Crippen molar-refractivity contribution < 1.29 is 50.5 Å². The molecule has 1 N–H and O–H groups in total. The average Bonchev–Trinajstić information content (AvgIpc) is 3.02. The summed E-state index contributed by atoms with van der Waals surface area (Å²) in [7, 11) is 0. The summed E-state index contributed by atoms with van der Waals surface area (Å²) in [5.41, 5.74) is 5.60. The fourth-order valence-corrected chi connectivity index (χ4v) is 4.51. The molecule has 1 atom stereocenters. The molecule has 0 amide bonds. The zero-order valence-electron chi connectivity index (χ0n) is 29.9. The van der Waals surface area contributed by atoms with Crippen LogP contribution in [0.3, 0.4) is 0 Å². The van der Waals surface area contributed by atoms with E-state index in [-0.39, 0.29) is 36.8 Å². The molecular formula is C40H56ClNO4U. The van der Waals surface area contributed by atoms with Crippen molar-refractivity contribution in [3.8, 4) is 5.75 Å². The minimum absolute atomic E-state index is 0. The van der Waals surface area contributed by atoms with Crippen LogP contribution in [0.1, 0.15) is 125 Å². The Labute approximate surface area is 314 Å². The zero-order valence-corrected chi connectivity index (χ0v) is 34.8. The summed E-state index contributed by atoms with van der Waals surface area (Å²) >= 11 is 5.96. The number of ether oxygens (including phenoxy) is 2. The van der Waals surface area contributed by atoms with Crippen LogP contribution in [0, 0.1) is 56.9 Å². The summed E-state index contributed by atoms with van der Waals surface area (Å²) in [6.45, 7) is 21.8. The molecule has 256 valence electrons. The van der Waals surface area contributed by atoms with E-state index in [9.17, 15) is 4.79 Å². The van der Waals surface area contributed by atoms with Gasteiger partial charge in [-0.25, -0.2) is 9.78 Å². The van der Waals surface area contributed by atoms with Crippen LogP contribution in [-0.2, 0) is 4.74 Å². The standard InChI is InChI=1S/C22H27ClO.C8H9NO2.C5H10O.C5H10.U/c1-4-8-19(9-5-2)21-10-6-7-11-22(21)24-16-17(3)18-12-14-20(23)15-13-18;1-5-3-4-7(8(10)11)9-6(5)2;1-2-5-3-4-6-5;1-4-5(2)3;/h6-7,10,12-15,19H,4-5,8-9,16H2,1-3H3;3-4H,1-2H3,(H,10,11);5H,2-4H2,1H3;2,4H2,1,3H3;/q-2;;;;+2. The van der Waals surface area contributed by atoms with E-state index in [1.54, 1.807) is 13.0 Å². The normalized spacial score (nSPS) is 12.8. The molecular weight excluding hydrogens is 832 g/mol. The van der Waals surface area contributed by atoms with Crippen LogP contribution in [0.15, 0.2) is 66.7 Å². The number of carboxylic acids is 1. The third-order valence-electron chi connectivity index (χ3n) is 7.75. The monoisotopic (exact) mass is 887 g/mol. The molecule has 0 aliphatic carbocycles. The number of aromatic nitrogens is 1. The predicted octanol–water partition coefficient (Wildman–Crippen LogP) is 11.4. The van der Waals surface area contributed by atoms with E-state index in [0.717, 1.165) is 40.6 Å². The maximum Gasteiger partial charge on any atom is 2.00 e. The van der Waals surface area contributed by atoms with Crippen LogP contribution in [0.25, 0.3) is 0 Å². The molecule has 0 bridgehead atoms. The molecule has 0 spiro atoms. The maximum absolute atomic E-state index is 10.4. The number of allylic oxidation sites excluding steroid dienone is 1. The number of carboxylic acid groups (broad SMARTS) is 1. The molecule has 1 aliphatic rings. The van der Waals surface area contributed by atoms with Crippen LogP contribution >= 0.6 is 11.6 Å². The fraction of sp³-hybridized carbons (Fsp3) is 0.475. The Kier molecular flexibility index (Phi) is 24.5. The van der Waals surface area contributed by atoms with Gasteiger partial charge in [0.05, 0.1) is 12.7 Å². The quantitative estimate of drug-likeness (QED) is 0.145. The van der Waals surface area contributed by atoms with Crippen LogP contribution < -0.4 is 4.74 Å². The largest absolute Gasteiger partial charge is 2.00 e. The van der Waals surface area contributed by atoms with Gasteiger partial charge in [0.1, 0.15) is 5.69 Å². The number of aromatic carboxylic acids is 1. The summed E-state index contributed by atoms with van der Waals surface area (Å²) in [6, 6.07) is 20.7. The molecule has 2 aromatic carbocycles. The number of pyridine rings is 1. The van der Waals surface area contributed by atoms with E-state index in [2.05, 4.69) is 64.4 Å². The average molecular weight is 888 g/mol. The van der Waals surface area contributed by atoms with E-state index >= 15 is 0 Å². The Morgan fingerprint density at radius 2 is 1.70 bits per heavy atom.